The lowest BCUT2D eigenvalue weighted by atomic mass is 9.96. The van der Waals surface area contributed by atoms with Crippen molar-refractivity contribution in [2.45, 2.75) is 128 Å². The summed E-state index contributed by atoms with van der Waals surface area (Å²) in [7, 11) is -0.772. The first kappa shape index (κ1) is 104. The van der Waals surface area contributed by atoms with Gasteiger partial charge in [-0.05, 0) is 108 Å². The number of ether oxygens (including phenoxy) is 10. The number of primary amides is 1. The van der Waals surface area contributed by atoms with Crippen LogP contribution in [0.4, 0.5) is 19.7 Å². The van der Waals surface area contributed by atoms with E-state index in [1.165, 1.54) is 40.7 Å². The molecule has 7 heterocycles. The van der Waals surface area contributed by atoms with Gasteiger partial charge in [-0.2, -0.15) is 13.1 Å². The molecule has 0 saturated carbocycles. The molecule has 8 amide bonds. The number of nitrogens with two attached hydrogens (primary N) is 1. The number of hydrogen-bond acceptors (Lipinski definition) is 32. The van der Waals surface area contributed by atoms with Crippen LogP contribution in [-0.4, -0.2) is 298 Å². The normalized spacial score (nSPS) is 17.2. The zero-order valence-corrected chi connectivity index (χ0v) is 78.3. The van der Waals surface area contributed by atoms with E-state index in [-0.39, 0.29) is 124 Å². The van der Waals surface area contributed by atoms with Gasteiger partial charge in [-0.15, -0.1) is 16.4 Å². The van der Waals surface area contributed by atoms with Crippen LogP contribution in [0.15, 0.2) is 140 Å². The molecule has 3 aliphatic rings. The summed E-state index contributed by atoms with van der Waals surface area (Å²) >= 11 is 8.62. The van der Waals surface area contributed by atoms with Crippen LogP contribution in [0.3, 0.4) is 0 Å². The molecule has 8 atom stereocenters. The third-order valence-corrected chi connectivity index (χ3v) is 25.2. The van der Waals surface area contributed by atoms with Crippen molar-refractivity contribution < 1.29 is 133 Å². The van der Waals surface area contributed by atoms with Crippen LogP contribution < -0.4 is 55.4 Å². The van der Waals surface area contributed by atoms with Crippen molar-refractivity contribution in [3.05, 3.63) is 185 Å². The fourth-order valence-corrected chi connectivity index (χ4v) is 17.2. The fourth-order valence-electron chi connectivity index (χ4n) is 15.2. The van der Waals surface area contributed by atoms with Gasteiger partial charge in [-0.1, -0.05) is 85.3 Å². The molecule has 3 aliphatic heterocycles. The molecular formula is C91H108ClFN17O26S2+. The first-order chi connectivity index (χ1) is 66.2. The lowest BCUT2D eigenvalue weighted by molar-refractivity contribution is -0.926. The molecule has 0 radical (unpaired) electrons. The number of likely N-dealkylation sites (N-methyl/N-ethyl adjacent to an activating group) is 1. The summed E-state index contributed by atoms with van der Waals surface area (Å²) < 4.78 is 103. The van der Waals surface area contributed by atoms with Crippen molar-refractivity contribution >= 4 is 103 Å². The highest BCUT2D eigenvalue weighted by Gasteiger charge is 2.48. The Kier molecular flexibility index (Phi) is 37.2. The van der Waals surface area contributed by atoms with Crippen LogP contribution in [0.25, 0.3) is 43.2 Å². The van der Waals surface area contributed by atoms with Crippen LogP contribution >= 0.6 is 22.9 Å². The minimum Gasteiger partial charge on any atom is -0.496 e. The maximum Gasteiger partial charge on any atom is 0.421 e. The van der Waals surface area contributed by atoms with Gasteiger partial charge in [-0.25, -0.2) is 52.9 Å². The number of nitrogens with zero attached hydrogens (tertiary/aromatic N) is 10. The quantitative estimate of drug-likeness (QED) is 0.0139. The van der Waals surface area contributed by atoms with Crippen LogP contribution in [0, 0.1) is 18.7 Å². The first-order valence-electron chi connectivity index (χ1n) is 44.0. The molecule has 2 saturated heterocycles. The molecule has 47 heteroatoms. The molecule has 9 aromatic rings. The van der Waals surface area contributed by atoms with Gasteiger partial charge in [0.05, 0.1) is 114 Å². The lowest BCUT2D eigenvalue weighted by Crippen LogP contribution is -2.60. The average molecular weight is 1970 g/mol. The number of methoxy groups -OCH3 is 1. The van der Waals surface area contributed by atoms with E-state index >= 15 is 0 Å². The van der Waals surface area contributed by atoms with Crippen molar-refractivity contribution in [3.8, 4) is 56.1 Å². The Morgan fingerprint density at radius 3 is 2.22 bits per heavy atom. The van der Waals surface area contributed by atoms with Crippen molar-refractivity contribution in [3.63, 3.8) is 0 Å². The van der Waals surface area contributed by atoms with E-state index in [0.29, 0.717) is 143 Å². The number of carbonyl (C=O) groups is 9. The summed E-state index contributed by atoms with van der Waals surface area (Å²) in [6.45, 7) is 7.34. The minimum atomic E-state index is -4.46. The molecule has 13 N–H and O–H groups in total. The summed E-state index contributed by atoms with van der Waals surface area (Å²) in [4.78, 5) is 138. The lowest BCUT2D eigenvalue weighted by Gasteiger charge is -2.42. The predicted molar refractivity (Wildman–Crippen MR) is 493 cm³/mol. The first-order valence-corrected chi connectivity index (χ1v) is 46.7. The van der Waals surface area contributed by atoms with E-state index in [2.05, 4.69) is 63.2 Å². The molecule has 5 aromatic carbocycles. The van der Waals surface area contributed by atoms with Gasteiger partial charge in [0.15, 0.2) is 18.2 Å². The van der Waals surface area contributed by atoms with E-state index in [1.54, 1.807) is 92.5 Å². The second-order valence-electron chi connectivity index (χ2n) is 32.9. The molecule has 2 fully saturated rings. The number of aliphatic hydroxyl groups is 3. The number of anilines is 1. The molecule has 0 bridgehead atoms. The number of carbonyl (C=O) groups excluding carboxylic acids is 7. The number of halogens is 2. The number of aliphatic hydroxyl groups excluding tert-OH is 3. The Morgan fingerprint density at radius 1 is 0.739 bits per heavy atom. The average Bonchev–Trinajstić information content (AvgIpc) is 1.58. The van der Waals surface area contributed by atoms with E-state index in [9.17, 15) is 81.5 Å². The number of hydrogen-bond donors (Lipinski definition) is 12. The van der Waals surface area contributed by atoms with Crippen molar-refractivity contribution in [1.29, 1.82) is 0 Å². The highest BCUT2D eigenvalue weighted by molar-refractivity contribution is 7.88. The number of urea groups is 1. The summed E-state index contributed by atoms with van der Waals surface area (Å²) in [5.74, 6) is -4.85. The zero-order chi connectivity index (χ0) is 98.7. The molecule has 138 heavy (non-hydrogen) atoms. The molecule has 0 aliphatic carbocycles. The van der Waals surface area contributed by atoms with Gasteiger partial charge >= 0.3 is 34.3 Å². The van der Waals surface area contributed by atoms with Gasteiger partial charge in [0.2, 0.25) is 29.7 Å². The van der Waals surface area contributed by atoms with E-state index in [4.69, 9.17) is 69.7 Å². The fraction of sp³-hybridized carbons (Fsp3) is 0.418. The van der Waals surface area contributed by atoms with Gasteiger partial charge in [0.25, 0.3) is 11.8 Å². The van der Waals surface area contributed by atoms with E-state index in [0.717, 1.165) is 22.6 Å². The summed E-state index contributed by atoms with van der Waals surface area (Å²) in [6.07, 6.45) is -5.32. The minimum absolute atomic E-state index is 0.00701. The van der Waals surface area contributed by atoms with Crippen LogP contribution in [0.1, 0.15) is 66.8 Å². The number of amides is 8. The molecule has 43 nitrogen and oxygen atoms in total. The number of carboxylic acid groups (broad SMARTS) is 2. The Morgan fingerprint density at radius 2 is 1.49 bits per heavy atom. The number of nitrogens with one attached hydrogen (secondary N) is 6. The third kappa shape index (κ3) is 28.9. The van der Waals surface area contributed by atoms with Gasteiger partial charge in [0.1, 0.15) is 96.7 Å². The number of para-hydroxylation sites is 2. The van der Waals surface area contributed by atoms with Crippen LogP contribution in [0.2, 0.25) is 5.02 Å². The smallest absolute Gasteiger partial charge is 0.421 e. The van der Waals surface area contributed by atoms with Crippen LogP contribution in [0.5, 0.6) is 23.1 Å². The summed E-state index contributed by atoms with van der Waals surface area (Å²) in [6, 6.07) is 27.9. The van der Waals surface area contributed by atoms with E-state index < -0.39 is 124 Å². The number of aliphatic carboxylic acids is 2. The second-order valence-corrected chi connectivity index (χ2v) is 35.7. The topological polar surface area (TPSA) is 568 Å². The largest absolute Gasteiger partial charge is 0.496 e. The molecule has 4 aromatic heterocycles. The molecular weight excluding hydrogens is 1870 g/mol. The number of fused-ring (bicyclic) bond motifs is 1. The SMILES string of the molecule is COc1ccccc1-c1nccc(COc2ccccc2C[C@@H](Oc2ncnc3sc(-c4ccc(F)cc4)c(-c4ccc(OCCN5CC[N+](C)(Cc6ccc(NC(=O)[C@H](CCCNC(N)=O)NC(=O)[C@@H](NC(=O)CCOCCN7C(=O)C=CC7=O)C(C)C)cc6COCc6cn(CCOC(=O)NS(=O)(=O)NCCOCCO[C@@H]7O[C@H](C(=O)O)[C@@H](O)[C@H](O)[C@H]7O)nn6)CC5)c(Cl)c4C)c23)C(=O)O)n1. The Bertz CT molecular complexity index is 5920. The number of piperazine rings is 1. The third-order valence-electron chi connectivity index (χ3n) is 22.6. The highest BCUT2D eigenvalue weighted by atomic mass is 35.5. The van der Waals surface area contributed by atoms with Crippen molar-refractivity contribution in [2.24, 2.45) is 11.7 Å². The maximum atomic E-state index is 14.7. The van der Waals surface area contributed by atoms with Crippen molar-refractivity contribution in [1.82, 2.24) is 70.1 Å². The number of quaternary nitrogens is 1. The number of aromatic nitrogens is 7. The number of thiophene rings is 1. The number of carboxylic acids is 2. The Balaban J connectivity index is 0.684. The monoisotopic (exact) mass is 1970 g/mol. The summed E-state index contributed by atoms with van der Waals surface area (Å²) in [5, 5.41) is 70.1. The molecule has 738 valence electrons. The maximum absolute atomic E-state index is 14.7. The number of imide groups is 1. The van der Waals surface area contributed by atoms with Gasteiger partial charge < -0.3 is 104 Å². The molecule has 0 spiro atoms. The number of benzene rings is 5. The Hall–Kier alpha value is -12.9. The van der Waals surface area contributed by atoms with Gasteiger partial charge in [-0.3, -0.25) is 33.8 Å². The molecule has 0 unspecified atom stereocenters. The standard InChI is InChI=1S/C91H107ClFN17O26S2/c1-53(2)76(103-70(111)27-38-128-40-35-109-71(112)24-25-72(109)113)84(118)102-65(13-10-28-96-90(94)123)83(117)101-60-21-18-57(58(45-60)49-130-50-62-47-108(106-104-62)34-42-133-91(124)105-138(125,126)99-30-39-129-43-44-132-89-79(116)77(114)78(115)80(136-89)88(121)122)48-110(4)36-31-107(32-37-110)33-41-131-68-23-22-63(54(3)75(68)92)73-74-85(97-52-98-86(74)137-81(73)55-16-19-59(93)20-17-55)135-69(87(119)120)46-56-11-6-8-14-66(56)134-51-61-26-29-95-82(100-61)64-12-7-9-15-67(64)127-5/h6-9,11-12,14-26,29,45,47,52-53,65,69,76-80,89,99,114-116H,10,13,27-28,30-44,46,48-51H2,1-5H3,(H8-,94,96,101,102,103,105,111,117,118,119,120,121,122,123,124)/p+1/t65-,69+,76-,77-,78-,79+,80-,89+/m0/s1. The Labute approximate surface area is 800 Å². The zero-order valence-electron chi connectivity index (χ0n) is 75.9. The molecule has 12 rings (SSSR count). The van der Waals surface area contributed by atoms with Crippen LogP contribution in [-0.2, 0) is 112 Å². The van der Waals surface area contributed by atoms with Gasteiger partial charge in [0, 0.05) is 85.6 Å². The second kappa shape index (κ2) is 49.4. The predicted octanol–water partition coefficient (Wildman–Crippen LogP) is 4.73. The van der Waals surface area contributed by atoms with E-state index in [1.807, 2.05) is 43.3 Å². The highest BCUT2D eigenvalue weighted by Crippen LogP contribution is 2.50. The number of rotatable bonds is 51. The summed E-state index contributed by atoms with van der Waals surface area (Å²) in [5.41, 5.74) is 11.7. The van der Waals surface area contributed by atoms with Crippen molar-refractivity contribution in [2.75, 3.05) is 118 Å².